The summed E-state index contributed by atoms with van der Waals surface area (Å²) in [5.41, 5.74) is 4.18. The smallest absolute Gasteiger partial charge is 0.0483 e. The molecule has 0 aliphatic heterocycles. The average Bonchev–Trinajstić information content (AvgIpc) is 3.18. The van der Waals surface area contributed by atoms with Crippen molar-refractivity contribution >= 4 is 10.9 Å². The molecular formula is C17H24N2. The van der Waals surface area contributed by atoms with Gasteiger partial charge in [0.1, 0.15) is 0 Å². The van der Waals surface area contributed by atoms with Crippen molar-refractivity contribution in [1.29, 1.82) is 0 Å². The van der Waals surface area contributed by atoms with Crippen molar-refractivity contribution in [3.63, 3.8) is 0 Å². The van der Waals surface area contributed by atoms with Gasteiger partial charge in [0.25, 0.3) is 0 Å². The minimum Gasteiger partial charge on any atom is -0.346 e. The molecule has 1 aromatic carbocycles. The van der Waals surface area contributed by atoms with E-state index >= 15 is 0 Å². The molecule has 1 fully saturated rings. The van der Waals surface area contributed by atoms with Crippen LogP contribution in [0.1, 0.15) is 37.4 Å². The van der Waals surface area contributed by atoms with Gasteiger partial charge in [-0.05, 0) is 37.8 Å². The van der Waals surface area contributed by atoms with E-state index in [0.717, 1.165) is 12.5 Å². The number of nitrogens with zero attached hydrogens (tertiary/aromatic N) is 1. The molecule has 0 spiro atoms. The Balaban J connectivity index is 1.76. The van der Waals surface area contributed by atoms with Gasteiger partial charge in [-0.3, -0.25) is 0 Å². The summed E-state index contributed by atoms with van der Waals surface area (Å²) in [6.07, 6.45) is 4.22. The molecule has 0 saturated heterocycles. The highest BCUT2D eigenvalue weighted by Crippen LogP contribution is 2.33. The summed E-state index contributed by atoms with van der Waals surface area (Å²) >= 11 is 0. The zero-order valence-corrected chi connectivity index (χ0v) is 12.2. The molecule has 1 atom stereocenters. The highest BCUT2D eigenvalue weighted by Gasteiger charge is 2.23. The number of benzene rings is 1. The molecule has 102 valence electrons. The second-order valence-corrected chi connectivity index (χ2v) is 6.11. The van der Waals surface area contributed by atoms with Crippen molar-refractivity contribution in [2.45, 2.75) is 45.7 Å². The first-order chi connectivity index (χ1) is 9.16. The molecule has 0 radical (unpaired) electrons. The van der Waals surface area contributed by atoms with Crippen LogP contribution in [0.4, 0.5) is 0 Å². The van der Waals surface area contributed by atoms with E-state index in [9.17, 15) is 0 Å². The maximum atomic E-state index is 3.69. The number of hydrogen-bond acceptors (Lipinski definition) is 1. The fraction of sp³-hybridized carbons (Fsp3) is 0.529. The van der Waals surface area contributed by atoms with Crippen LogP contribution in [-0.4, -0.2) is 10.6 Å². The molecule has 1 aromatic heterocycles. The molecule has 2 nitrogen and oxygen atoms in total. The molecule has 2 aromatic rings. The van der Waals surface area contributed by atoms with Crippen molar-refractivity contribution in [3.05, 3.63) is 35.5 Å². The number of hydrogen-bond donors (Lipinski definition) is 1. The highest BCUT2D eigenvalue weighted by atomic mass is 15.0. The van der Waals surface area contributed by atoms with Crippen LogP contribution < -0.4 is 5.32 Å². The van der Waals surface area contributed by atoms with Gasteiger partial charge in [-0.15, -0.1) is 0 Å². The van der Waals surface area contributed by atoms with Gasteiger partial charge in [-0.1, -0.05) is 31.0 Å². The third-order valence-electron chi connectivity index (χ3n) is 4.51. The monoisotopic (exact) mass is 256 g/mol. The molecule has 1 aliphatic carbocycles. The lowest BCUT2D eigenvalue weighted by Gasteiger charge is -2.14. The largest absolute Gasteiger partial charge is 0.346 e. The lowest BCUT2D eigenvalue weighted by Crippen LogP contribution is -2.27. The van der Waals surface area contributed by atoms with Gasteiger partial charge in [-0.25, -0.2) is 0 Å². The Morgan fingerprint density at radius 2 is 2.05 bits per heavy atom. The molecule has 19 heavy (non-hydrogen) atoms. The molecule has 2 heteroatoms. The highest BCUT2D eigenvalue weighted by molar-refractivity contribution is 5.85. The van der Waals surface area contributed by atoms with Gasteiger partial charge in [0.05, 0.1) is 0 Å². The van der Waals surface area contributed by atoms with Gasteiger partial charge < -0.3 is 9.88 Å². The summed E-state index contributed by atoms with van der Waals surface area (Å²) in [6.45, 7) is 5.53. The fourth-order valence-electron chi connectivity index (χ4n) is 3.09. The summed E-state index contributed by atoms with van der Waals surface area (Å²) in [5, 5.41) is 5.08. The molecule has 1 heterocycles. The van der Waals surface area contributed by atoms with E-state index in [0.29, 0.717) is 6.04 Å². The summed E-state index contributed by atoms with van der Waals surface area (Å²) < 4.78 is 2.33. The SMILES string of the molecule is Cc1c(CNC(C)CC2CC2)n(C)c2ccccc12. The molecule has 1 saturated carbocycles. The van der Waals surface area contributed by atoms with E-state index in [2.05, 4.69) is 55.0 Å². The summed E-state index contributed by atoms with van der Waals surface area (Å²) in [7, 11) is 2.18. The number of aromatic nitrogens is 1. The first-order valence-corrected chi connectivity index (χ1v) is 7.43. The third-order valence-corrected chi connectivity index (χ3v) is 4.51. The average molecular weight is 256 g/mol. The van der Waals surface area contributed by atoms with Gasteiger partial charge in [0.2, 0.25) is 0 Å². The van der Waals surface area contributed by atoms with Gasteiger partial charge in [0.15, 0.2) is 0 Å². The fourth-order valence-corrected chi connectivity index (χ4v) is 3.09. The number of nitrogens with one attached hydrogen (secondary N) is 1. The van der Waals surface area contributed by atoms with Crippen LogP contribution in [0.2, 0.25) is 0 Å². The van der Waals surface area contributed by atoms with Crippen LogP contribution in [0.3, 0.4) is 0 Å². The van der Waals surface area contributed by atoms with Crippen LogP contribution in [0, 0.1) is 12.8 Å². The second-order valence-electron chi connectivity index (χ2n) is 6.11. The minimum absolute atomic E-state index is 0.630. The normalized spacial score (nSPS) is 17.0. The van der Waals surface area contributed by atoms with Gasteiger partial charge in [0, 0.05) is 36.2 Å². The van der Waals surface area contributed by atoms with Crippen LogP contribution in [0.25, 0.3) is 10.9 Å². The van der Waals surface area contributed by atoms with Crippen LogP contribution in [-0.2, 0) is 13.6 Å². The van der Waals surface area contributed by atoms with Crippen molar-refractivity contribution < 1.29 is 0 Å². The molecule has 0 bridgehead atoms. The van der Waals surface area contributed by atoms with Crippen LogP contribution >= 0.6 is 0 Å². The van der Waals surface area contributed by atoms with E-state index in [-0.39, 0.29) is 0 Å². The summed E-state index contributed by atoms with van der Waals surface area (Å²) in [5.74, 6) is 0.996. The maximum Gasteiger partial charge on any atom is 0.0483 e. The number of rotatable bonds is 5. The third kappa shape index (κ3) is 2.55. The topological polar surface area (TPSA) is 17.0 Å². The molecule has 1 aliphatic rings. The Bertz CT molecular complexity index is 539. The summed E-state index contributed by atoms with van der Waals surface area (Å²) in [4.78, 5) is 0. The van der Waals surface area contributed by atoms with Crippen molar-refractivity contribution in [3.8, 4) is 0 Å². The maximum absolute atomic E-state index is 3.69. The summed E-state index contributed by atoms with van der Waals surface area (Å²) in [6, 6.07) is 9.31. The predicted octanol–water partition coefficient (Wildman–Crippen LogP) is 3.76. The van der Waals surface area contributed by atoms with E-state index in [1.54, 1.807) is 0 Å². The zero-order chi connectivity index (χ0) is 13.4. The standard InChI is InChI=1S/C17H24N2/c1-12(10-14-8-9-14)18-11-17-13(2)15-6-4-5-7-16(15)19(17)3/h4-7,12,14,18H,8-11H2,1-3H3. The van der Waals surface area contributed by atoms with Crippen molar-refractivity contribution in [2.75, 3.05) is 0 Å². The lowest BCUT2D eigenvalue weighted by molar-refractivity contribution is 0.480. The van der Waals surface area contributed by atoms with Crippen LogP contribution in [0.15, 0.2) is 24.3 Å². The minimum atomic E-state index is 0.630. The van der Waals surface area contributed by atoms with E-state index in [1.165, 1.54) is 41.4 Å². The van der Waals surface area contributed by atoms with Crippen molar-refractivity contribution in [2.24, 2.45) is 13.0 Å². The Morgan fingerprint density at radius 3 is 2.74 bits per heavy atom. The first kappa shape index (κ1) is 12.7. The zero-order valence-electron chi connectivity index (χ0n) is 12.2. The molecular weight excluding hydrogens is 232 g/mol. The predicted molar refractivity (Wildman–Crippen MR) is 81.3 cm³/mol. The lowest BCUT2D eigenvalue weighted by atomic mass is 10.1. The number of para-hydroxylation sites is 1. The molecule has 1 unspecified atom stereocenters. The van der Waals surface area contributed by atoms with Gasteiger partial charge in [-0.2, -0.15) is 0 Å². The van der Waals surface area contributed by atoms with E-state index < -0.39 is 0 Å². The van der Waals surface area contributed by atoms with E-state index in [4.69, 9.17) is 0 Å². The van der Waals surface area contributed by atoms with Gasteiger partial charge >= 0.3 is 0 Å². The first-order valence-electron chi connectivity index (χ1n) is 7.43. The van der Waals surface area contributed by atoms with Crippen molar-refractivity contribution in [1.82, 2.24) is 9.88 Å². The Labute approximate surface area is 115 Å². The Hall–Kier alpha value is -1.28. The molecule has 1 N–H and O–H groups in total. The van der Waals surface area contributed by atoms with Crippen LogP contribution in [0.5, 0.6) is 0 Å². The van der Waals surface area contributed by atoms with E-state index in [1.807, 2.05) is 0 Å². The molecule has 3 rings (SSSR count). The number of aryl methyl sites for hydroxylation is 2. The Morgan fingerprint density at radius 1 is 1.32 bits per heavy atom. The Kier molecular flexibility index (Phi) is 3.36. The second kappa shape index (κ2) is 5.01. The molecule has 0 amide bonds. The number of fused-ring (bicyclic) bond motifs is 1. The quantitative estimate of drug-likeness (QED) is 0.862.